The molecule has 0 saturated heterocycles. The van der Waals surface area contributed by atoms with Gasteiger partial charge in [0.1, 0.15) is 4.21 Å². The van der Waals surface area contributed by atoms with Gasteiger partial charge < -0.3 is 10.1 Å². The number of hydrogen-bond donors (Lipinski definition) is 2. The van der Waals surface area contributed by atoms with Crippen molar-refractivity contribution in [3.05, 3.63) is 85.6 Å². The topological polar surface area (TPSA) is 124 Å². The van der Waals surface area contributed by atoms with Gasteiger partial charge in [-0.3, -0.25) is 9.36 Å². The first-order chi connectivity index (χ1) is 17.0. The van der Waals surface area contributed by atoms with E-state index in [1.54, 1.807) is 18.2 Å². The number of thiophene rings is 1. The molecular weight excluding hydrogens is 549 g/mol. The average molecular weight is 566 g/mol. The summed E-state index contributed by atoms with van der Waals surface area (Å²) in [6, 6.07) is 11.0. The van der Waals surface area contributed by atoms with Gasteiger partial charge in [0.15, 0.2) is 0 Å². The molecule has 2 aromatic carbocycles. The van der Waals surface area contributed by atoms with Crippen LogP contribution >= 0.6 is 34.5 Å². The molecule has 0 saturated carbocycles. The number of urea groups is 1. The molecule has 2 heterocycles. The molecule has 36 heavy (non-hydrogen) atoms. The number of fused-ring (bicyclic) bond motifs is 1. The lowest BCUT2D eigenvalue weighted by atomic mass is 10.0. The minimum Gasteiger partial charge on any atom is -0.465 e. The Hall–Kier alpha value is -3.38. The molecular formula is C23H17Cl2N3O6S2. The van der Waals surface area contributed by atoms with Crippen LogP contribution < -0.4 is 15.6 Å². The van der Waals surface area contributed by atoms with Gasteiger partial charge in [-0.1, -0.05) is 40.9 Å². The van der Waals surface area contributed by atoms with E-state index in [-0.39, 0.29) is 30.5 Å². The summed E-state index contributed by atoms with van der Waals surface area (Å²) < 4.78 is 32.7. The van der Waals surface area contributed by atoms with E-state index in [9.17, 15) is 22.8 Å². The number of esters is 1. The van der Waals surface area contributed by atoms with Crippen molar-refractivity contribution in [1.82, 2.24) is 9.29 Å². The first-order valence-electron chi connectivity index (χ1n) is 10.1. The summed E-state index contributed by atoms with van der Waals surface area (Å²) >= 11 is 13.0. The van der Waals surface area contributed by atoms with Crippen molar-refractivity contribution in [2.75, 3.05) is 12.4 Å². The van der Waals surface area contributed by atoms with Crippen molar-refractivity contribution in [3.63, 3.8) is 0 Å². The predicted octanol–water partition coefficient (Wildman–Crippen LogP) is 4.96. The number of ether oxygens (including phenoxy) is 1. The molecule has 0 spiro atoms. The number of carbonyl (C=O) groups excluding carboxylic acids is 2. The minimum atomic E-state index is -4.12. The van der Waals surface area contributed by atoms with Gasteiger partial charge in [0.2, 0.25) is 0 Å². The van der Waals surface area contributed by atoms with Crippen molar-refractivity contribution < 1.29 is 22.7 Å². The number of halogens is 2. The first kappa shape index (κ1) is 25.7. The number of nitrogens with one attached hydrogen (secondary N) is 2. The van der Waals surface area contributed by atoms with Crippen molar-refractivity contribution >= 4 is 73.0 Å². The second-order valence-electron chi connectivity index (χ2n) is 7.54. The zero-order chi connectivity index (χ0) is 26.2. The third-order valence-corrected chi connectivity index (χ3v) is 8.44. The lowest BCUT2D eigenvalue weighted by molar-refractivity contribution is 0.0602. The van der Waals surface area contributed by atoms with Crippen LogP contribution in [0.25, 0.3) is 16.5 Å². The van der Waals surface area contributed by atoms with Gasteiger partial charge in [-0.2, -0.15) is 0 Å². The molecule has 4 aromatic rings. The Morgan fingerprint density at radius 2 is 1.78 bits per heavy atom. The van der Waals surface area contributed by atoms with Crippen molar-refractivity contribution in [1.29, 1.82) is 0 Å². The number of benzene rings is 2. The van der Waals surface area contributed by atoms with E-state index in [2.05, 4.69) is 5.32 Å². The van der Waals surface area contributed by atoms with Crippen LogP contribution in [0.3, 0.4) is 0 Å². The molecule has 0 aliphatic carbocycles. The smallest absolute Gasteiger partial charge is 0.340 e. The number of anilines is 1. The Bertz CT molecular complexity index is 1700. The molecule has 0 unspecified atom stereocenters. The van der Waals surface area contributed by atoms with E-state index >= 15 is 0 Å². The monoisotopic (exact) mass is 565 g/mol. The van der Waals surface area contributed by atoms with E-state index in [0.29, 0.717) is 10.8 Å². The fraction of sp³-hybridized carbons (Fsp3) is 0.0870. The number of methoxy groups -OCH3 is 1. The lowest BCUT2D eigenvalue weighted by Gasteiger charge is -2.14. The number of sulfonamides is 1. The van der Waals surface area contributed by atoms with E-state index in [4.69, 9.17) is 27.9 Å². The van der Waals surface area contributed by atoms with Crippen LogP contribution in [-0.2, 0) is 14.8 Å². The highest BCUT2D eigenvalue weighted by atomic mass is 35.5. The Kier molecular flexibility index (Phi) is 7.10. The summed E-state index contributed by atoms with van der Waals surface area (Å²) in [4.78, 5) is 37.9. The van der Waals surface area contributed by atoms with E-state index in [1.165, 1.54) is 48.2 Å². The fourth-order valence-corrected chi connectivity index (χ4v) is 6.12. The van der Waals surface area contributed by atoms with E-state index in [0.717, 1.165) is 16.9 Å². The van der Waals surface area contributed by atoms with E-state index < -0.39 is 27.6 Å². The number of hydrogen-bond acceptors (Lipinski definition) is 7. The summed E-state index contributed by atoms with van der Waals surface area (Å²) in [6.45, 7) is 1.84. The fourth-order valence-electron chi connectivity index (χ4n) is 3.46. The maximum Gasteiger partial charge on any atom is 0.340 e. The highest BCUT2D eigenvalue weighted by molar-refractivity contribution is 7.92. The lowest BCUT2D eigenvalue weighted by Crippen LogP contribution is -2.34. The Morgan fingerprint density at radius 1 is 1.03 bits per heavy atom. The molecule has 0 atom stereocenters. The zero-order valence-corrected chi connectivity index (χ0v) is 21.8. The number of carbonyl (C=O) groups is 2. The third kappa shape index (κ3) is 5.09. The van der Waals surface area contributed by atoms with Crippen LogP contribution in [0, 0.1) is 6.92 Å². The number of pyridine rings is 1. The highest BCUT2D eigenvalue weighted by Crippen LogP contribution is 2.27. The molecule has 0 aliphatic heterocycles. The summed E-state index contributed by atoms with van der Waals surface area (Å²) in [7, 11) is -2.87. The standard InChI is InChI=1S/C23H17Cl2N3O6S2/c1-12-3-5-14-15(9-12)16(22(30)34-2)11-28(21(14)29)18-6-4-13(10-17(18)24)26-23(31)27-36(32,33)20-8-7-19(25)35-20/h3-11H,1-2H3,(H2,26,27,31). The van der Waals surface area contributed by atoms with Crippen molar-refractivity contribution in [2.45, 2.75) is 11.1 Å². The Balaban J connectivity index is 1.66. The van der Waals surface area contributed by atoms with Crippen molar-refractivity contribution in [2.24, 2.45) is 0 Å². The molecule has 2 N–H and O–H groups in total. The van der Waals surface area contributed by atoms with Crippen LogP contribution in [0.1, 0.15) is 15.9 Å². The summed E-state index contributed by atoms with van der Waals surface area (Å²) in [6.07, 6.45) is 1.34. The average Bonchev–Trinajstić information content (AvgIpc) is 3.26. The predicted molar refractivity (Wildman–Crippen MR) is 139 cm³/mol. The molecule has 13 heteroatoms. The van der Waals surface area contributed by atoms with Crippen LogP contribution in [0.5, 0.6) is 0 Å². The highest BCUT2D eigenvalue weighted by Gasteiger charge is 2.21. The van der Waals surface area contributed by atoms with Gasteiger partial charge >= 0.3 is 12.0 Å². The summed E-state index contributed by atoms with van der Waals surface area (Å²) in [5.74, 6) is -0.626. The van der Waals surface area contributed by atoms with Crippen molar-refractivity contribution in [3.8, 4) is 5.69 Å². The Morgan fingerprint density at radius 3 is 2.42 bits per heavy atom. The SMILES string of the molecule is COC(=O)c1cn(-c2ccc(NC(=O)NS(=O)(=O)c3ccc(Cl)s3)cc2Cl)c(=O)c2ccc(C)cc12. The van der Waals surface area contributed by atoms with E-state index in [1.807, 2.05) is 11.6 Å². The molecule has 2 amide bonds. The van der Waals surface area contributed by atoms with Gasteiger partial charge in [-0.15, -0.1) is 11.3 Å². The molecule has 0 radical (unpaired) electrons. The second kappa shape index (κ2) is 9.94. The molecule has 0 aliphatic rings. The molecule has 9 nitrogen and oxygen atoms in total. The first-order valence-corrected chi connectivity index (χ1v) is 13.2. The second-order valence-corrected chi connectivity index (χ2v) is 11.6. The largest absolute Gasteiger partial charge is 0.465 e. The van der Waals surface area contributed by atoms with Crippen LogP contribution in [0.2, 0.25) is 9.36 Å². The zero-order valence-electron chi connectivity index (χ0n) is 18.7. The number of amides is 2. The number of aromatic nitrogens is 1. The maximum absolute atomic E-state index is 13.2. The van der Waals surface area contributed by atoms with Crippen LogP contribution in [0.4, 0.5) is 10.5 Å². The molecule has 186 valence electrons. The normalized spacial score (nSPS) is 11.3. The van der Waals surface area contributed by atoms with Gasteiger partial charge in [0.25, 0.3) is 15.6 Å². The quantitative estimate of drug-likeness (QED) is 0.329. The summed E-state index contributed by atoms with van der Waals surface area (Å²) in [5.41, 5.74) is 1.02. The maximum atomic E-state index is 13.2. The Labute approximate surface area is 219 Å². The number of rotatable bonds is 5. The third-order valence-electron chi connectivity index (χ3n) is 5.08. The van der Waals surface area contributed by atoms with Gasteiger partial charge in [-0.25, -0.2) is 22.7 Å². The summed E-state index contributed by atoms with van der Waals surface area (Å²) in [5, 5.41) is 3.18. The van der Waals surface area contributed by atoms with Gasteiger partial charge in [0.05, 0.1) is 27.7 Å². The molecule has 0 bridgehead atoms. The number of nitrogens with zero attached hydrogens (tertiary/aromatic N) is 1. The van der Waals surface area contributed by atoms with Crippen LogP contribution in [-0.4, -0.2) is 32.1 Å². The minimum absolute atomic E-state index is 0.0603. The molecule has 0 fully saturated rings. The van der Waals surface area contributed by atoms with Gasteiger partial charge in [-0.05, 0) is 43.3 Å². The number of aryl methyl sites for hydroxylation is 1. The van der Waals surface area contributed by atoms with Crippen LogP contribution in [0.15, 0.2) is 63.7 Å². The molecule has 4 rings (SSSR count). The molecule has 2 aromatic heterocycles. The van der Waals surface area contributed by atoms with Gasteiger partial charge in [0, 0.05) is 22.7 Å².